The van der Waals surface area contributed by atoms with Gasteiger partial charge in [0.15, 0.2) is 0 Å². The molecule has 0 atom stereocenters. The lowest BCUT2D eigenvalue weighted by molar-refractivity contribution is 0.469. The van der Waals surface area contributed by atoms with E-state index in [1.807, 2.05) is 6.07 Å². The normalized spacial score (nSPS) is 10.6. The molecule has 0 fully saturated rings. The summed E-state index contributed by atoms with van der Waals surface area (Å²) in [6, 6.07) is 18.9. The molecule has 0 nitrogen and oxygen atoms in total. The van der Waals surface area contributed by atoms with Gasteiger partial charge in [0, 0.05) is 0 Å². The first kappa shape index (κ1) is 27.7. The van der Waals surface area contributed by atoms with Crippen molar-refractivity contribution in [3.63, 3.8) is 0 Å². The van der Waals surface area contributed by atoms with E-state index in [4.69, 9.17) is 0 Å². The highest BCUT2D eigenvalue weighted by Crippen LogP contribution is 2.11. The van der Waals surface area contributed by atoms with Crippen LogP contribution >= 0.6 is 0 Å². The van der Waals surface area contributed by atoms with Crippen molar-refractivity contribution in [1.82, 2.24) is 0 Å². The number of benzene rings is 2. The Balaban J connectivity index is 0. The van der Waals surface area contributed by atoms with Gasteiger partial charge in [-0.1, -0.05) is 124 Å². The Morgan fingerprint density at radius 2 is 0.778 bits per heavy atom. The summed E-state index contributed by atoms with van der Waals surface area (Å²) in [7, 11) is 0. The summed E-state index contributed by atoms with van der Waals surface area (Å²) in [6.45, 7) is 26.1. The minimum atomic E-state index is 0.500. The number of hydrogen-bond donors (Lipinski definition) is 0. The van der Waals surface area contributed by atoms with Gasteiger partial charge < -0.3 is 0 Å². The van der Waals surface area contributed by atoms with Gasteiger partial charge in [0.1, 0.15) is 0 Å². The molecule has 0 saturated carbocycles. The van der Waals surface area contributed by atoms with Gasteiger partial charge >= 0.3 is 0 Å². The van der Waals surface area contributed by atoms with Crippen LogP contribution in [-0.2, 0) is 0 Å². The zero-order chi connectivity index (χ0) is 21.7. The Morgan fingerprint density at radius 3 is 0.963 bits per heavy atom. The number of hydrogen-bond acceptors (Lipinski definition) is 0. The maximum absolute atomic E-state index is 2.20. The molecule has 0 amide bonds. The molecule has 2 aromatic carbocycles. The van der Waals surface area contributed by atoms with E-state index in [0.29, 0.717) is 16.7 Å². The molecule has 0 N–H and O–H groups in total. The quantitative estimate of drug-likeness (QED) is 0.469. The molecule has 0 radical (unpaired) electrons. The van der Waals surface area contributed by atoms with Gasteiger partial charge in [-0.05, 0) is 47.3 Å². The average Bonchev–Trinajstić information content (AvgIpc) is 2.48. The molecule has 0 aromatic heterocycles. The van der Waals surface area contributed by atoms with Crippen LogP contribution < -0.4 is 0 Å². The Kier molecular flexibility index (Phi) is 13.9. The summed E-state index contributed by atoms with van der Waals surface area (Å²) >= 11 is 0. The Labute approximate surface area is 171 Å². The lowest BCUT2D eigenvalue weighted by Gasteiger charge is -2.05. The van der Waals surface area contributed by atoms with Gasteiger partial charge in [0.25, 0.3) is 0 Å². The average molecular weight is 371 g/mol. The lowest BCUT2D eigenvalue weighted by Crippen LogP contribution is -1.93. The molecule has 0 aliphatic rings. The van der Waals surface area contributed by atoms with Gasteiger partial charge in [-0.25, -0.2) is 0 Å². The maximum atomic E-state index is 2.20. The van der Waals surface area contributed by atoms with Crippen LogP contribution in [0.15, 0.2) is 54.6 Å². The lowest BCUT2D eigenvalue weighted by atomic mass is 10.0. The van der Waals surface area contributed by atoms with Crippen LogP contribution in [0.4, 0.5) is 0 Å². The largest absolute Gasteiger partial charge is 0.0622 e. The van der Waals surface area contributed by atoms with Crippen LogP contribution in [0.5, 0.6) is 0 Å². The standard InChI is InChI=1S/C9H12.C8H10.2C5H12/c1-8(2)9-6-4-3-5-7-9;1-7-5-3-4-6-8(7)2;2*1-5(2,3)4/h3-8H,1-2H3;3-6H,1-2H3;2*1-4H3. The third kappa shape index (κ3) is 26.8. The fourth-order valence-electron chi connectivity index (χ4n) is 1.50. The van der Waals surface area contributed by atoms with Gasteiger partial charge in [-0.15, -0.1) is 0 Å². The first-order valence-electron chi connectivity index (χ1n) is 10.2. The molecule has 154 valence electrons. The topological polar surface area (TPSA) is 0 Å². The van der Waals surface area contributed by atoms with E-state index in [0.717, 1.165) is 0 Å². The highest BCUT2D eigenvalue weighted by atomic mass is 14.0. The zero-order valence-corrected chi connectivity index (χ0v) is 20.3. The third-order valence-corrected chi connectivity index (χ3v) is 2.89. The van der Waals surface area contributed by atoms with E-state index >= 15 is 0 Å². The van der Waals surface area contributed by atoms with Crippen molar-refractivity contribution in [3.05, 3.63) is 71.3 Å². The molecule has 0 aliphatic carbocycles. The fourth-order valence-corrected chi connectivity index (χ4v) is 1.50. The second-order valence-corrected chi connectivity index (χ2v) is 10.6. The van der Waals surface area contributed by atoms with Crippen LogP contribution in [0, 0.1) is 24.7 Å². The summed E-state index contributed by atoms with van der Waals surface area (Å²) in [6.07, 6.45) is 0. The second kappa shape index (κ2) is 13.6. The zero-order valence-electron chi connectivity index (χ0n) is 20.3. The smallest absolute Gasteiger partial charge is 0.0219 e. The van der Waals surface area contributed by atoms with Crippen molar-refractivity contribution >= 4 is 0 Å². The van der Waals surface area contributed by atoms with Crippen molar-refractivity contribution in [2.45, 2.75) is 89.0 Å². The third-order valence-electron chi connectivity index (χ3n) is 2.89. The van der Waals surface area contributed by atoms with E-state index in [2.05, 4.69) is 132 Å². The Morgan fingerprint density at radius 1 is 0.519 bits per heavy atom. The highest BCUT2D eigenvalue weighted by molar-refractivity contribution is 5.23. The molecule has 0 bridgehead atoms. The minimum absolute atomic E-state index is 0.500. The number of rotatable bonds is 1. The van der Waals surface area contributed by atoms with E-state index in [1.165, 1.54) is 16.7 Å². The SMILES string of the molecule is CC(C)(C)C.CC(C)(C)C.CC(C)c1ccccc1.Cc1ccccc1C. The molecule has 0 aliphatic heterocycles. The molecular formula is C27H46. The summed E-state index contributed by atoms with van der Waals surface area (Å²) < 4.78 is 0. The molecule has 0 heteroatoms. The van der Waals surface area contributed by atoms with Crippen LogP contribution in [0.25, 0.3) is 0 Å². The molecular weight excluding hydrogens is 324 g/mol. The van der Waals surface area contributed by atoms with Crippen molar-refractivity contribution in [2.24, 2.45) is 10.8 Å². The van der Waals surface area contributed by atoms with Gasteiger partial charge in [-0.3, -0.25) is 0 Å². The Hall–Kier alpha value is -1.56. The van der Waals surface area contributed by atoms with Crippen LogP contribution in [0.1, 0.15) is 91.8 Å². The predicted octanol–water partition coefficient (Wildman–Crippen LogP) is 9.22. The van der Waals surface area contributed by atoms with Crippen LogP contribution in [0.2, 0.25) is 0 Å². The van der Waals surface area contributed by atoms with E-state index < -0.39 is 0 Å². The minimum Gasteiger partial charge on any atom is -0.0622 e. The van der Waals surface area contributed by atoms with Gasteiger partial charge in [0.2, 0.25) is 0 Å². The summed E-state index contributed by atoms with van der Waals surface area (Å²) in [4.78, 5) is 0. The monoisotopic (exact) mass is 370 g/mol. The summed E-state index contributed by atoms with van der Waals surface area (Å²) in [5, 5.41) is 0. The second-order valence-electron chi connectivity index (χ2n) is 10.6. The molecule has 0 spiro atoms. The van der Waals surface area contributed by atoms with Crippen LogP contribution in [-0.4, -0.2) is 0 Å². The molecule has 0 saturated heterocycles. The molecule has 27 heavy (non-hydrogen) atoms. The molecule has 2 aromatic rings. The van der Waals surface area contributed by atoms with Crippen LogP contribution in [0.3, 0.4) is 0 Å². The van der Waals surface area contributed by atoms with Gasteiger partial charge in [0.05, 0.1) is 0 Å². The summed E-state index contributed by atoms with van der Waals surface area (Å²) in [5.74, 6) is 0.659. The van der Waals surface area contributed by atoms with E-state index in [9.17, 15) is 0 Å². The summed E-state index contributed by atoms with van der Waals surface area (Å²) in [5.41, 5.74) is 5.15. The predicted molar refractivity (Wildman–Crippen MR) is 127 cm³/mol. The molecule has 0 unspecified atom stereocenters. The maximum Gasteiger partial charge on any atom is -0.0219 e. The van der Waals surface area contributed by atoms with Gasteiger partial charge in [-0.2, -0.15) is 0 Å². The fraction of sp³-hybridized carbons (Fsp3) is 0.556. The van der Waals surface area contributed by atoms with Crippen molar-refractivity contribution in [1.29, 1.82) is 0 Å². The molecule has 0 heterocycles. The molecule has 2 rings (SSSR count). The highest BCUT2D eigenvalue weighted by Gasteiger charge is 1.96. The van der Waals surface area contributed by atoms with Crippen molar-refractivity contribution in [3.8, 4) is 0 Å². The first-order chi connectivity index (χ1) is 12.1. The van der Waals surface area contributed by atoms with E-state index in [-0.39, 0.29) is 0 Å². The van der Waals surface area contributed by atoms with Crippen molar-refractivity contribution < 1.29 is 0 Å². The first-order valence-corrected chi connectivity index (χ1v) is 10.2. The Bertz CT molecular complexity index is 532. The number of aryl methyl sites for hydroxylation is 2. The van der Waals surface area contributed by atoms with E-state index in [1.54, 1.807) is 0 Å². The van der Waals surface area contributed by atoms with Crippen molar-refractivity contribution in [2.75, 3.05) is 0 Å².